The maximum atomic E-state index is 5.74. The lowest BCUT2D eigenvalue weighted by atomic mass is 10.0. The molecule has 0 fully saturated rings. The minimum atomic E-state index is -0.276. The van der Waals surface area contributed by atoms with Gasteiger partial charge in [-0.05, 0) is 23.8 Å². The summed E-state index contributed by atoms with van der Waals surface area (Å²) in [7, 11) is 5.08. The minimum absolute atomic E-state index is 0.276. The van der Waals surface area contributed by atoms with Gasteiger partial charge in [-0.2, -0.15) is 5.10 Å². The van der Waals surface area contributed by atoms with Gasteiger partial charge in [0.2, 0.25) is 0 Å². The molecule has 1 unspecified atom stereocenters. The second kappa shape index (κ2) is 6.25. The van der Waals surface area contributed by atoms with Crippen LogP contribution in [0.1, 0.15) is 17.3 Å². The summed E-state index contributed by atoms with van der Waals surface area (Å²) in [5.74, 6) is 7.17. The van der Waals surface area contributed by atoms with Crippen LogP contribution in [0.25, 0.3) is 0 Å². The molecule has 0 saturated carbocycles. The lowest BCUT2D eigenvalue weighted by molar-refractivity contribution is 0.399. The van der Waals surface area contributed by atoms with Crippen molar-refractivity contribution in [3.05, 3.63) is 40.1 Å². The molecule has 2 aromatic rings. The Labute approximate surface area is 126 Å². The number of benzene rings is 1. The molecule has 3 N–H and O–H groups in total. The largest absolute Gasteiger partial charge is 0.497 e. The van der Waals surface area contributed by atoms with E-state index in [1.165, 1.54) is 0 Å². The first kappa shape index (κ1) is 14.8. The van der Waals surface area contributed by atoms with Gasteiger partial charge in [-0.3, -0.25) is 10.5 Å². The van der Waals surface area contributed by atoms with Gasteiger partial charge in [0.1, 0.15) is 11.4 Å². The van der Waals surface area contributed by atoms with Crippen LogP contribution in [0.15, 0.2) is 28.9 Å². The molecule has 6 nitrogen and oxygen atoms in total. The van der Waals surface area contributed by atoms with Crippen LogP contribution in [0.5, 0.6) is 11.5 Å². The average Bonchev–Trinajstić information content (AvgIpc) is 2.83. The summed E-state index contributed by atoms with van der Waals surface area (Å²) in [5, 5.41) is 4.20. The topological polar surface area (TPSA) is 74.3 Å². The molecule has 0 spiro atoms. The number of nitrogens with one attached hydrogen (secondary N) is 1. The molecule has 1 aromatic carbocycles. The highest BCUT2D eigenvalue weighted by Gasteiger charge is 2.23. The minimum Gasteiger partial charge on any atom is -0.497 e. The average molecular weight is 341 g/mol. The molecule has 0 radical (unpaired) electrons. The second-order valence-electron chi connectivity index (χ2n) is 4.21. The van der Waals surface area contributed by atoms with Crippen LogP contribution in [0.3, 0.4) is 0 Å². The number of hydrogen-bond acceptors (Lipinski definition) is 5. The quantitative estimate of drug-likeness (QED) is 0.640. The van der Waals surface area contributed by atoms with Crippen molar-refractivity contribution in [1.29, 1.82) is 0 Å². The molecule has 1 atom stereocenters. The van der Waals surface area contributed by atoms with E-state index in [4.69, 9.17) is 15.3 Å². The Bertz CT molecular complexity index is 600. The van der Waals surface area contributed by atoms with E-state index in [0.29, 0.717) is 5.75 Å². The summed E-state index contributed by atoms with van der Waals surface area (Å²) in [6.45, 7) is 0. The van der Waals surface area contributed by atoms with E-state index >= 15 is 0 Å². The molecule has 1 aromatic heterocycles. The standard InChI is InChI=1S/C13H17BrN4O2/c1-18-13(11(20-3)7-16-18)12(17-15)9-6-8(19-2)4-5-10(9)14/h4-7,12,17H,15H2,1-3H3. The van der Waals surface area contributed by atoms with Gasteiger partial charge < -0.3 is 9.47 Å². The summed E-state index contributed by atoms with van der Waals surface area (Å²) in [4.78, 5) is 0. The summed E-state index contributed by atoms with van der Waals surface area (Å²) >= 11 is 3.54. The number of nitrogens with zero attached hydrogens (tertiary/aromatic N) is 2. The van der Waals surface area contributed by atoms with Gasteiger partial charge in [-0.25, -0.2) is 5.43 Å². The number of methoxy groups -OCH3 is 2. The normalized spacial score (nSPS) is 12.2. The van der Waals surface area contributed by atoms with E-state index < -0.39 is 0 Å². The van der Waals surface area contributed by atoms with Crippen molar-refractivity contribution in [3.8, 4) is 11.5 Å². The molecule has 7 heteroatoms. The summed E-state index contributed by atoms with van der Waals surface area (Å²) in [6, 6.07) is 5.44. The van der Waals surface area contributed by atoms with Gasteiger partial charge in [-0.1, -0.05) is 15.9 Å². The smallest absolute Gasteiger partial charge is 0.161 e. The van der Waals surface area contributed by atoms with Crippen LogP contribution in [-0.4, -0.2) is 24.0 Å². The zero-order valence-electron chi connectivity index (χ0n) is 11.6. The van der Waals surface area contributed by atoms with Crippen molar-refractivity contribution < 1.29 is 9.47 Å². The first-order chi connectivity index (χ1) is 9.62. The molecule has 108 valence electrons. The highest BCUT2D eigenvalue weighted by Crippen LogP contribution is 2.34. The van der Waals surface area contributed by atoms with Gasteiger partial charge >= 0.3 is 0 Å². The van der Waals surface area contributed by atoms with Gasteiger partial charge in [-0.15, -0.1) is 0 Å². The monoisotopic (exact) mass is 340 g/mol. The third-order valence-electron chi connectivity index (χ3n) is 3.12. The van der Waals surface area contributed by atoms with Crippen LogP contribution >= 0.6 is 15.9 Å². The van der Waals surface area contributed by atoms with Crippen LogP contribution in [0.2, 0.25) is 0 Å². The first-order valence-electron chi connectivity index (χ1n) is 5.97. The number of nitrogens with two attached hydrogens (primary N) is 1. The molecular weight excluding hydrogens is 324 g/mol. The molecule has 0 aliphatic heterocycles. The maximum absolute atomic E-state index is 5.74. The SMILES string of the molecule is COc1ccc(Br)c(C(NN)c2c(OC)cnn2C)c1. The van der Waals surface area contributed by atoms with E-state index in [0.717, 1.165) is 21.5 Å². The number of hydrogen-bond donors (Lipinski definition) is 2. The van der Waals surface area contributed by atoms with Gasteiger partial charge in [0.15, 0.2) is 5.75 Å². The number of hydrazine groups is 1. The van der Waals surface area contributed by atoms with E-state index in [1.54, 1.807) is 25.1 Å². The Morgan fingerprint density at radius 3 is 2.70 bits per heavy atom. The van der Waals surface area contributed by atoms with E-state index in [9.17, 15) is 0 Å². The third-order valence-corrected chi connectivity index (χ3v) is 3.85. The number of aromatic nitrogens is 2. The van der Waals surface area contributed by atoms with Crippen LogP contribution in [-0.2, 0) is 7.05 Å². The lowest BCUT2D eigenvalue weighted by Crippen LogP contribution is -2.31. The number of ether oxygens (including phenoxy) is 2. The zero-order valence-corrected chi connectivity index (χ0v) is 13.1. The molecule has 1 heterocycles. The van der Waals surface area contributed by atoms with Gasteiger partial charge in [0.05, 0.1) is 26.5 Å². The molecule has 0 bridgehead atoms. The molecule has 0 aliphatic rings. The molecule has 0 aliphatic carbocycles. The second-order valence-corrected chi connectivity index (χ2v) is 5.06. The Hall–Kier alpha value is -1.57. The fraction of sp³-hybridized carbons (Fsp3) is 0.308. The van der Waals surface area contributed by atoms with Crippen molar-refractivity contribution >= 4 is 15.9 Å². The van der Waals surface area contributed by atoms with E-state index in [-0.39, 0.29) is 6.04 Å². The Balaban J connectivity index is 2.54. The fourth-order valence-electron chi connectivity index (χ4n) is 2.10. The highest BCUT2D eigenvalue weighted by molar-refractivity contribution is 9.10. The first-order valence-corrected chi connectivity index (χ1v) is 6.77. The van der Waals surface area contributed by atoms with Crippen molar-refractivity contribution in [1.82, 2.24) is 15.2 Å². The summed E-state index contributed by atoms with van der Waals surface area (Å²) < 4.78 is 13.3. The van der Waals surface area contributed by atoms with Crippen molar-refractivity contribution in [3.63, 3.8) is 0 Å². The molecule has 0 amide bonds. The summed E-state index contributed by atoms with van der Waals surface area (Å²) in [5.41, 5.74) is 4.58. The molecule has 20 heavy (non-hydrogen) atoms. The maximum Gasteiger partial charge on any atom is 0.161 e. The Kier molecular flexibility index (Phi) is 4.64. The summed E-state index contributed by atoms with van der Waals surface area (Å²) in [6.07, 6.45) is 1.66. The molecule has 2 rings (SSSR count). The van der Waals surface area contributed by atoms with Gasteiger partial charge in [0, 0.05) is 11.5 Å². The predicted octanol–water partition coefficient (Wildman–Crippen LogP) is 1.75. The van der Waals surface area contributed by atoms with Crippen LogP contribution in [0.4, 0.5) is 0 Å². The van der Waals surface area contributed by atoms with Crippen molar-refractivity contribution in [2.24, 2.45) is 12.9 Å². The Morgan fingerprint density at radius 1 is 1.35 bits per heavy atom. The number of aryl methyl sites for hydroxylation is 1. The zero-order chi connectivity index (χ0) is 14.7. The highest BCUT2D eigenvalue weighted by atomic mass is 79.9. The molecular formula is C13H17BrN4O2. The van der Waals surface area contributed by atoms with Crippen molar-refractivity contribution in [2.45, 2.75) is 6.04 Å². The number of rotatable bonds is 5. The van der Waals surface area contributed by atoms with E-state index in [2.05, 4.69) is 26.5 Å². The Morgan fingerprint density at radius 2 is 2.10 bits per heavy atom. The van der Waals surface area contributed by atoms with Crippen LogP contribution < -0.4 is 20.7 Å². The predicted molar refractivity (Wildman–Crippen MR) is 79.6 cm³/mol. The lowest BCUT2D eigenvalue weighted by Gasteiger charge is -2.20. The number of halogens is 1. The molecule has 0 saturated heterocycles. The van der Waals surface area contributed by atoms with Crippen LogP contribution in [0, 0.1) is 0 Å². The van der Waals surface area contributed by atoms with Gasteiger partial charge in [0.25, 0.3) is 0 Å². The van der Waals surface area contributed by atoms with Crippen molar-refractivity contribution in [2.75, 3.05) is 14.2 Å². The fourth-order valence-corrected chi connectivity index (χ4v) is 2.57. The third kappa shape index (κ3) is 2.65. The van der Waals surface area contributed by atoms with E-state index in [1.807, 2.05) is 25.2 Å².